The second kappa shape index (κ2) is 10.9. The van der Waals surface area contributed by atoms with Gasteiger partial charge < -0.3 is 14.7 Å². The molecule has 2 unspecified atom stereocenters. The summed E-state index contributed by atoms with van der Waals surface area (Å²) in [7, 11) is 5.73. The molecule has 1 N–H and O–H groups in total. The smallest absolute Gasteiger partial charge is 0.217 e. The maximum atomic E-state index is 13.0. The summed E-state index contributed by atoms with van der Waals surface area (Å²) in [6.07, 6.45) is 2.38. The summed E-state index contributed by atoms with van der Waals surface area (Å²) >= 11 is 1.66. The summed E-state index contributed by atoms with van der Waals surface area (Å²) < 4.78 is 5.83. The molecule has 188 valence electrons. The Morgan fingerprint density at radius 2 is 1.70 bits per heavy atom. The number of benzene rings is 3. The predicted octanol–water partition coefficient (Wildman–Crippen LogP) is 6.94. The Balaban J connectivity index is 1.81. The molecule has 0 aliphatic rings. The van der Waals surface area contributed by atoms with E-state index >= 15 is 0 Å². The number of thiophene rings is 1. The quantitative estimate of drug-likeness (QED) is 0.234. The molecule has 2 atom stereocenters. The van der Waals surface area contributed by atoms with Crippen LogP contribution in [0.1, 0.15) is 29.0 Å². The number of nitrogens with zero attached hydrogens (tertiary/aromatic N) is 2. The van der Waals surface area contributed by atoms with E-state index in [1.54, 1.807) is 18.4 Å². The van der Waals surface area contributed by atoms with Crippen molar-refractivity contribution in [2.75, 3.05) is 27.7 Å². The zero-order chi connectivity index (χ0) is 25.8. The fourth-order valence-electron chi connectivity index (χ4n) is 5.22. The van der Waals surface area contributed by atoms with E-state index in [9.17, 15) is 5.11 Å². The van der Waals surface area contributed by atoms with Crippen molar-refractivity contribution in [3.05, 3.63) is 119 Å². The van der Waals surface area contributed by atoms with Crippen LogP contribution in [0.4, 0.5) is 0 Å². The van der Waals surface area contributed by atoms with Crippen molar-refractivity contribution in [1.29, 1.82) is 0 Å². The molecular weight excluding hydrogens is 476 g/mol. The fraction of sp³-hybridized carbons (Fsp3) is 0.219. The Labute approximate surface area is 222 Å². The number of methoxy groups -OCH3 is 1. The molecule has 5 aromatic rings. The van der Waals surface area contributed by atoms with Crippen LogP contribution >= 0.6 is 11.3 Å². The minimum atomic E-state index is -1.24. The summed E-state index contributed by atoms with van der Waals surface area (Å²) in [5, 5.41) is 19.4. The molecule has 0 radical (unpaired) electrons. The first-order valence-corrected chi connectivity index (χ1v) is 13.4. The molecule has 0 amide bonds. The lowest BCUT2D eigenvalue weighted by Gasteiger charge is -2.39. The monoisotopic (exact) mass is 508 g/mol. The van der Waals surface area contributed by atoms with E-state index in [1.165, 1.54) is 0 Å². The highest BCUT2D eigenvalue weighted by Crippen LogP contribution is 2.49. The van der Waals surface area contributed by atoms with Gasteiger partial charge in [0.05, 0.1) is 7.11 Å². The Kier molecular flexibility index (Phi) is 7.38. The third kappa shape index (κ3) is 5.03. The Bertz CT molecular complexity index is 1460. The number of aromatic nitrogens is 1. The molecule has 2 aromatic heterocycles. The first-order chi connectivity index (χ1) is 18.0. The maximum Gasteiger partial charge on any atom is 0.217 e. The van der Waals surface area contributed by atoms with Gasteiger partial charge in [-0.3, -0.25) is 0 Å². The molecule has 0 aliphatic carbocycles. The van der Waals surface area contributed by atoms with Crippen LogP contribution in [0.3, 0.4) is 0 Å². The van der Waals surface area contributed by atoms with E-state index in [4.69, 9.17) is 9.72 Å². The van der Waals surface area contributed by atoms with Crippen molar-refractivity contribution in [3.63, 3.8) is 0 Å². The molecule has 0 saturated heterocycles. The lowest BCUT2D eigenvalue weighted by atomic mass is 9.70. The van der Waals surface area contributed by atoms with Gasteiger partial charge in [0.1, 0.15) is 5.60 Å². The van der Waals surface area contributed by atoms with Crippen molar-refractivity contribution in [2.24, 2.45) is 0 Å². The zero-order valence-corrected chi connectivity index (χ0v) is 22.3. The highest BCUT2D eigenvalue weighted by molar-refractivity contribution is 7.08. The number of hydrogen-bond donors (Lipinski definition) is 1. The minimum Gasteiger partial charge on any atom is -0.481 e. The number of fused-ring (bicyclic) bond motifs is 1. The third-order valence-electron chi connectivity index (χ3n) is 7.04. The Morgan fingerprint density at radius 1 is 0.946 bits per heavy atom. The minimum absolute atomic E-state index is 0.416. The second-order valence-electron chi connectivity index (χ2n) is 9.68. The summed E-state index contributed by atoms with van der Waals surface area (Å²) in [5.74, 6) is 0.108. The molecule has 0 bridgehead atoms. The molecule has 0 saturated carbocycles. The number of hydrogen-bond acceptors (Lipinski definition) is 5. The highest BCUT2D eigenvalue weighted by atomic mass is 32.1. The molecule has 0 aliphatic heterocycles. The normalized spacial score (nSPS) is 14.0. The molecule has 5 rings (SSSR count). The van der Waals surface area contributed by atoms with Crippen LogP contribution in [0, 0.1) is 0 Å². The summed E-state index contributed by atoms with van der Waals surface area (Å²) in [6, 6.07) is 29.0. The molecule has 2 heterocycles. The number of pyridine rings is 1. The average Bonchev–Trinajstić information content (AvgIpc) is 3.47. The van der Waals surface area contributed by atoms with Gasteiger partial charge in [0.25, 0.3) is 0 Å². The van der Waals surface area contributed by atoms with Crippen LogP contribution in [0.2, 0.25) is 0 Å². The van der Waals surface area contributed by atoms with Gasteiger partial charge in [-0.05, 0) is 70.9 Å². The van der Waals surface area contributed by atoms with Crippen molar-refractivity contribution in [3.8, 4) is 17.0 Å². The van der Waals surface area contributed by atoms with Crippen LogP contribution in [0.15, 0.2) is 102 Å². The lowest BCUT2D eigenvalue weighted by Crippen LogP contribution is -2.38. The predicted molar refractivity (Wildman–Crippen MR) is 153 cm³/mol. The van der Waals surface area contributed by atoms with E-state index < -0.39 is 11.5 Å². The summed E-state index contributed by atoms with van der Waals surface area (Å²) in [6.45, 7) is 0.711. The number of ether oxygens (including phenoxy) is 1. The third-order valence-corrected chi connectivity index (χ3v) is 7.73. The van der Waals surface area contributed by atoms with Gasteiger partial charge >= 0.3 is 0 Å². The van der Waals surface area contributed by atoms with Gasteiger partial charge in [0, 0.05) is 29.8 Å². The van der Waals surface area contributed by atoms with Gasteiger partial charge in [0.15, 0.2) is 0 Å². The lowest BCUT2D eigenvalue weighted by molar-refractivity contribution is 0.00517. The van der Waals surface area contributed by atoms with Gasteiger partial charge in [-0.1, -0.05) is 72.8 Å². The fourth-order valence-corrected chi connectivity index (χ4v) is 5.89. The molecule has 37 heavy (non-hydrogen) atoms. The van der Waals surface area contributed by atoms with E-state index in [-0.39, 0.29) is 0 Å². The summed E-state index contributed by atoms with van der Waals surface area (Å²) in [4.78, 5) is 6.85. The van der Waals surface area contributed by atoms with Crippen LogP contribution in [-0.4, -0.2) is 42.7 Å². The number of aliphatic hydroxyl groups is 1. The molecule has 0 spiro atoms. The van der Waals surface area contributed by atoms with Crippen molar-refractivity contribution in [1.82, 2.24) is 9.88 Å². The van der Waals surface area contributed by atoms with Crippen molar-refractivity contribution < 1.29 is 9.84 Å². The molecular formula is C32H32N2O2S. The van der Waals surface area contributed by atoms with Crippen LogP contribution in [0.5, 0.6) is 5.88 Å². The second-order valence-corrected chi connectivity index (χ2v) is 10.5. The SMILES string of the molecule is COc1ncc(-c2ccsc2)cc1C(c1ccccc1)C(O)(CCN(C)C)c1cccc2ccccc12. The molecule has 5 heteroatoms. The maximum absolute atomic E-state index is 13.0. The largest absolute Gasteiger partial charge is 0.481 e. The average molecular weight is 509 g/mol. The number of rotatable bonds is 9. The zero-order valence-electron chi connectivity index (χ0n) is 21.5. The first kappa shape index (κ1) is 25.2. The van der Waals surface area contributed by atoms with Crippen molar-refractivity contribution >= 4 is 22.1 Å². The first-order valence-electron chi connectivity index (χ1n) is 12.5. The summed E-state index contributed by atoms with van der Waals surface area (Å²) in [5.41, 5.74) is 3.66. The highest BCUT2D eigenvalue weighted by Gasteiger charge is 2.43. The van der Waals surface area contributed by atoms with E-state index in [1.807, 2.05) is 56.7 Å². The Morgan fingerprint density at radius 3 is 2.43 bits per heavy atom. The van der Waals surface area contributed by atoms with Crippen LogP contribution < -0.4 is 4.74 Å². The van der Waals surface area contributed by atoms with E-state index in [0.717, 1.165) is 38.6 Å². The molecule has 0 fully saturated rings. The van der Waals surface area contributed by atoms with Crippen LogP contribution in [0.25, 0.3) is 21.9 Å². The van der Waals surface area contributed by atoms with Crippen LogP contribution in [-0.2, 0) is 5.60 Å². The standard InChI is InChI=1S/C32H32N2O2S/c1-34(2)18-17-32(35,29-15-9-13-23-10-7-8-14-27(23)29)30(24-11-5-4-6-12-24)28-20-26(21-33-31(28)36-3)25-16-19-37-22-25/h4-16,19-22,30,35H,17-18H2,1-3H3. The van der Waals surface area contributed by atoms with Gasteiger partial charge in [-0.2, -0.15) is 11.3 Å². The van der Waals surface area contributed by atoms with Crippen molar-refractivity contribution in [2.45, 2.75) is 17.9 Å². The van der Waals surface area contributed by atoms with Gasteiger partial charge in [-0.25, -0.2) is 4.98 Å². The van der Waals surface area contributed by atoms with Gasteiger partial charge in [-0.15, -0.1) is 0 Å². The molecule has 4 nitrogen and oxygen atoms in total. The van der Waals surface area contributed by atoms with E-state index in [0.29, 0.717) is 18.8 Å². The Hall–Kier alpha value is -3.51. The van der Waals surface area contributed by atoms with Gasteiger partial charge in [0.2, 0.25) is 5.88 Å². The topological polar surface area (TPSA) is 45.6 Å². The molecule has 3 aromatic carbocycles. The van der Waals surface area contributed by atoms with E-state index in [2.05, 4.69) is 64.2 Å².